The van der Waals surface area contributed by atoms with Crippen molar-refractivity contribution in [1.29, 1.82) is 0 Å². The Hall–Kier alpha value is -1.92. The number of imidazole rings is 1. The number of ether oxygens (including phenoxy) is 1. The number of benzene rings is 1. The number of hydrogen-bond acceptors (Lipinski definition) is 9. The van der Waals surface area contributed by atoms with E-state index in [-0.39, 0.29) is 17.4 Å². The maximum Gasteiger partial charge on any atom is 0.335 e. The van der Waals surface area contributed by atoms with Crippen molar-refractivity contribution in [2.75, 3.05) is 17.4 Å². The highest BCUT2D eigenvalue weighted by Gasteiger charge is 2.45. The highest BCUT2D eigenvalue weighted by atomic mass is 35.5. The van der Waals surface area contributed by atoms with E-state index in [0.717, 1.165) is 5.56 Å². The maximum atomic E-state index is 12.1. The second-order valence-corrected chi connectivity index (χ2v) is 13.2. The first-order valence-electron chi connectivity index (χ1n) is 10.5. The number of aliphatic hydroxyl groups is 2. The van der Waals surface area contributed by atoms with Crippen molar-refractivity contribution in [3.05, 3.63) is 47.5 Å². The molecule has 5 unspecified atom stereocenters. The third-order valence-corrected chi connectivity index (χ3v) is 9.84. The number of fused-ring (bicyclic) bond motifs is 1. The van der Waals surface area contributed by atoms with E-state index < -0.39 is 51.6 Å². The molecule has 0 spiro atoms. The van der Waals surface area contributed by atoms with Gasteiger partial charge < -0.3 is 34.9 Å². The van der Waals surface area contributed by atoms with Crippen LogP contribution in [0.3, 0.4) is 0 Å². The van der Waals surface area contributed by atoms with Gasteiger partial charge in [-0.25, -0.2) is 4.98 Å². The van der Waals surface area contributed by atoms with Crippen LogP contribution in [0.1, 0.15) is 18.2 Å². The molecule has 3 heterocycles. The molecule has 3 aromatic rings. The second-order valence-electron chi connectivity index (χ2n) is 8.22. The van der Waals surface area contributed by atoms with Gasteiger partial charge in [0.05, 0.1) is 12.4 Å². The van der Waals surface area contributed by atoms with Gasteiger partial charge in [-0.1, -0.05) is 30.3 Å². The SMILES string of the molecule is O=P(O)(O)CP(=O)(O)CCC1OC(n2cnc3c(NCc4ccccc4)nc(Cl)nc32)C(O)C1O. The molecule has 4 rings (SSSR count). The summed E-state index contributed by atoms with van der Waals surface area (Å²) in [5, 5.41) is 24.1. The number of rotatable bonds is 9. The van der Waals surface area contributed by atoms with Gasteiger partial charge in [-0.2, -0.15) is 9.97 Å². The average molecular weight is 548 g/mol. The lowest BCUT2D eigenvalue weighted by Gasteiger charge is -2.18. The topological polar surface area (TPSA) is 200 Å². The van der Waals surface area contributed by atoms with Crippen LogP contribution in [0.5, 0.6) is 0 Å². The molecule has 1 fully saturated rings. The Morgan fingerprint density at radius 2 is 1.80 bits per heavy atom. The van der Waals surface area contributed by atoms with Gasteiger partial charge in [0, 0.05) is 12.7 Å². The van der Waals surface area contributed by atoms with Gasteiger partial charge in [-0.05, 0) is 23.6 Å². The molecule has 13 nitrogen and oxygen atoms in total. The van der Waals surface area contributed by atoms with E-state index >= 15 is 0 Å². The van der Waals surface area contributed by atoms with Gasteiger partial charge in [0.2, 0.25) is 12.7 Å². The van der Waals surface area contributed by atoms with E-state index in [2.05, 4.69) is 20.3 Å². The van der Waals surface area contributed by atoms with Crippen LogP contribution in [0.4, 0.5) is 5.82 Å². The molecule has 1 aliphatic rings. The van der Waals surface area contributed by atoms with Crippen LogP contribution in [0, 0.1) is 0 Å². The lowest BCUT2D eigenvalue weighted by atomic mass is 10.1. The summed E-state index contributed by atoms with van der Waals surface area (Å²) in [6.45, 7) is 0.440. The van der Waals surface area contributed by atoms with Crippen molar-refractivity contribution in [3.8, 4) is 0 Å². The van der Waals surface area contributed by atoms with Crippen LogP contribution in [0.15, 0.2) is 36.7 Å². The highest BCUT2D eigenvalue weighted by Crippen LogP contribution is 2.55. The summed E-state index contributed by atoms with van der Waals surface area (Å²) in [6, 6.07) is 9.56. The third kappa shape index (κ3) is 6.26. The average Bonchev–Trinajstić information content (AvgIpc) is 3.31. The predicted octanol–water partition coefficient (Wildman–Crippen LogP) is 1.51. The molecule has 1 aromatic carbocycles. The minimum Gasteiger partial charge on any atom is -0.388 e. The number of aromatic nitrogens is 4. The van der Waals surface area contributed by atoms with Gasteiger partial charge >= 0.3 is 7.60 Å². The summed E-state index contributed by atoms with van der Waals surface area (Å²) >= 11 is 6.11. The molecule has 5 atom stereocenters. The first kappa shape index (κ1) is 26.2. The standard InChI is InChI=1S/C19H24ClN5O8P2/c20-19-23-16(21-8-11-4-2-1-3-5-11)13-17(24-19)25(9-22-13)18-15(27)14(26)12(33-18)6-7-34(28,29)10-35(30,31)32/h1-5,9,12,14-15,18,26-27H,6-8,10H2,(H,28,29)(H,21,23,24)(H2,30,31,32). The van der Waals surface area contributed by atoms with Gasteiger partial charge in [0.15, 0.2) is 23.2 Å². The van der Waals surface area contributed by atoms with Gasteiger partial charge in [-0.15, -0.1) is 0 Å². The van der Waals surface area contributed by atoms with Gasteiger partial charge in [-0.3, -0.25) is 13.7 Å². The second kappa shape index (κ2) is 10.2. The summed E-state index contributed by atoms with van der Waals surface area (Å²) in [6.07, 6.45) is -4.46. The zero-order valence-corrected chi connectivity index (χ0v) is 20.7. The Morgan fingerprint density at radius 3 is 2.49 bits per heavy atom. The van der Waals surface area contributed by atoms with Crippen LogP contribution < -0.4 is 5.32 Å². The molecular formula is C19H24ClN5O8P2. The smallest absolute Gasteiger partial charge is 0.335 e. The summed E-state index contributed by atoms with van der Waals surface area (Å²) < 4.78 is 30.3. The lowest BCUT2D eigenvalue weighted by Crippen LogP contribution is -2.32. The quantitative estimate of drug-likeness (QED) is 0.167. The van der Waals surface area contributed by atoms with Crippen molar-refractivity contribution in [3.63, 3.8) is 0 Å². The van der Waals surface area contributed by atoms with E-state index in [4.69, 9.17) is 26.1 Å². The molecule has 16 heteroatoms. The molecule has 0 amide bonds. The van der Waals surface area contributed by atoms with Crippen molar-refractivity contribution >= 4 is 43.5 Å². The fourth-order valence-electron chi connectivity index (χ4n) is 3.87. The number of anilines is 1. The normalized spacial score (nSPS) is 24.5. The van der Waals surface area contributed by atoms with Gasteiger partial charge in [0.25, 0.3) is 0 Å². The van der Waals surface area contributed by atoms with E-state index in [1.54, 1.807) is 0 Å². The largest absolute Gasteiger partial charge is 0.388 e. The van der Waals surface area contributed by atoms with E-state index in [1.165, 1.54) is 10.9 Å². The molecule has 0 saturated carbocycles. The number of nitrogens with one attached hydrogen (secondary N) is 1. The number of aliphatic hydroxyl groups excluding tert-OH is 2. The molecule has 0 aliphatic carbocycles. The summed E-state index contributed by atoms with van der Waals surface area (Å²) in [5.74, 6) is -0.819. The van der Waals surface area contributed by atoms with Crippen LogP contribution in [-0.2, 0) is 20.4 Å². The summed E-state index contributed by atoms with van der Waals surface area (Å²) in [4.78, 5) is 40.5. The fraction of sp³-hybridized carbons (Fsp3) is 0.421. The highest BCUT2D eigenvalue weighted by molar-refractivity contribution is 7.72. The Kier molecular flexibility index (Phi) is 7.63. The minimum absolute atomic E-state index is 0.0851. The van der Waals surface area contributed by atoms with Crippen molar-refractivity contribution < 1.29 is 38.8 Å². The van der Waals surface area contributed by atoms with E-state index in [9.17, 15) is 24.2 Å². The van der Waals surface area contributed by atoms with Crippen LogP contribution in [-0.4, -0.2) is 74.8 Å². The Bertz CT molecular complexity index is 1290. The van der Waals surface area contributed by atoms with Crippen molar-refractivity contribution in [1.82, 2.24) is 19.5 Å². The van der Waals surface area contributed by atoms with Crippen LogP contribution in [0.2, 0.25) is 5.28 Å². The molecule has 1 saturated heterocycles. The number of halogens is 1. The van der Waals surface area contributed by atoms with Crippen molar-refractivity contribution in [2.45, 2.75) is 37.5 Å². The summed E-state index contributed by atoms with van der Waals surface area (Å²) in [7, 11) is -8.88. The minimum atomic E-state index is -4.70. The van der Waals surface area contributed by atoms with E-state index in [1.807, 2.05) is 30.3 Å². The zero-order valence-electron chi connectivity index (χ0n) is 18.1. The molecule has 35 heavy (non-hydrogen) atoms. The molecular weight excluding hydrogens is 524 g/mol. The molecule has 190 valence electrons. The monoisotopic (exact) mass is 547 g/mol. The summed E-state index contributed by atoms with van der Waals surface area (Å²) in [5.41, 5.74) is 1.57. The Labute approximate surface area is 204 Å². The first-order valence-corrected chi connectivity index (χ1v) is 14.7. The molecule has 2 aromatic heterocycles. The number of nitrogens with zero attached hydrogens (tertiary/aromatic N) is 4. The van der Waals surface area contributed by atoms with Crippen LogP contribution in [0.25, 0.3) is 11.2 Å². The Morgan fingerprint density at radius 1 is 1.09 bits per heavy atom. The number of hydrogen-bond donors (Lipinski definition) is 6. The lowest BCUT2D eigenvalue weighted by molar-refractivity contribution is -0.0354. The maximum absolute atomic E-state index is 12.1. The van der Waals surface area contributed by atoms with Crippen LogP contribution >= 0.6 is 26.6 Å². The Balaban J connectivity index is 1.52. The first-order chi connectivity index (χ1) is 16.4. The predicted molar refractivity (Wildman–Crippen MR) is 126 cm³/mol. The fourth-order valence-corrected chi connectivity index (χ4v) is 7.56. The molecule has 1 aliphatic heterocycles. The van der Waals surface area contributed by atoms with E-state index in [0.29, 0.717) is 17.9 Å². The van der Waals surface area contributed by atoms with Crippen molar-refractivity contribution in [2.24, 2.45) is 0 Å². The molecule has 6 N–H and O–H groups in total. The zero-order chi connectivity index (χ0) is 25.4. The van der Waals surface area contributed by atoms with Gasteiger partial charge in [0.1, 0.15) is 18.1 Å². The molecule has 0 bridgehead atoms. The third-order valence-electron chi connectivity index (χ3n) is 5.48. The molecule has 0 radical (unpaired) electrons.